The van der Waals surface area contributed by atoms with E-state index < -0.39 is 10.8 Å². The number of nitriles is 1. The monoisotopic (exact) mass is 437 g/mol. The minimum absolute atomic E-state index is 0.173. The molecule has 0 bridgehead atoms. The van der Waals surface area contributed by atoms with Gasteiger partial charge in [0.25, 0.3) is 0 Å². The predicted octanol–water partition coefficient (Wildman–Crippen LogP) is 3.93. The fourth-order valence-corrected chi connectivity index (χ4v) is 4.29. The zero-order valence-corrected chi connectivity index (χ0v) is 19.0. The SMILES string of the molecule is CN=c1c(C(C)(C)C(=O)NCCC#N)cccn1C(=N)C1(c2ccc(Cl)cc2)CCC1. The standard InChI is InChI=1S/C24H28ClN5O/c1-23(2,22(31)29-15-6-14-26)19-7-4-16-30(20(19)28-3)21(27)24(12-5-13-24)17-8-10-18(25)11-9-17/h4,7-11,16,27H,5-6,12-13,15H2,1-3H3,(H,29,31). The molecule has 1 heterocycles. The molecule has 1 fully saturated rings. The molecule has 0 unspecified atom stereocenters. The second-order valence-corrected chi connectivity index (χ2v) is 8.86. The Labute approximate surface area is 188 Å². The van der Waals surface area contributed by atoms with E-state index in [1.54, 1.807) is 11.6 Å². The molecule has 1 aliphatic rings. The van der Waals surface area contributed by atoms with Crippen LogP contribution in [0.2, 0.25) is 5.02 Å². The van der Waals surface area contributed by atoms with Crippen LogP contribution in [0.25, 0.3) is 0 Å². The van der Waals surface area contributed by atoms with Crippen molar-refractivity contribution in [1.29, 1.82) is 10.7 Å². The third-order valence-electron chi connectivity index (χ3n) is 6.24. The van der Waals surface area contributed by atoms with E-state index in [0.717, 1.165) is 30.4 Å². The first-order valence-electron chi connectivity index (χ1n) is 10.4. The maximum Gasteiger partial charge on any atom is 0.230 e. The second kappa shape index (κ2) is 9.07. The number of hydrogen-bond acceptors (Lipinski definition) is 4. The number of carbonyl (C=O) groups is 1. The summed E-state index contributed by atoms with van der Waals surface area (Å²) in [6.07, 6.45) is 4.91. The van der Waals surface area contributed by atoms with Crippen LogP contribution in [0.1, 0.15) is 50.7 Å². The van der Waals surface area contributed by atoms with Crippen LogP contribution in [0.5, 0.6) is 0 Å². The van der Waals surface area contributed by atoms with Gasteiger partial charge in [0.05, 0.1) is 23.3 Å². The molecule has 3 rings (SSSR count). The van der Waals surface area contributed by atoms with Crippen molar-refractivity contribution in [3.8, 4) is 6.07 Å². The number of nitrogens with one attached hydrogen (secondary N) is 2. The molecule has 0 saturated heterocycles. The van der Waals surface area contributed by atoms with Gasteiger partial charge < -0.3 is 5.32 Å². The highest BCUT2D eigenvalue weighted by atomic mass is 35.5. The normalized spacial score (nSPS) is 15.6. The van der Waals surface area contributed by atoms with Crippen LogP contribution >= 0.6 is 11.6 Å². The zero-order valence-electron chi connectivity index (χ0n) is 18.2. The topological polar surface area (TPSA) is 94.0 Å². The average molecular weight is 438 g/mol. The summed E-state index contributed by atoms with van der Waals surface area (Å²) in [7, 11) is 1.68. The molecule has 162 valence electrons. The lowest BCUT2D eigenvalue weighted by atomic mass is 9.63. The average Bonchev–Trinajstić information content (AvgIpc) is 2.73. The third kappa shape index (κ3) is 4.15. The number of pyridine rings is 1. The largest absolute Gasteiger partial charge is 0.354 e. The lowest BCUT2D eigenvalue weighted by molar-refractivity contribution is -0.125. The molecular weight excluding hydrogens is 410 g/mol. The maximum atomic E-state index is 12.9. The highest BCUT2D eigenvalue weighted by Crippen LogP contribution is 2.45. The molecule has 1 amide bonds. The van der Waals surface area contributed by atoms with Gasteiger partial charge in [-0.2, -0.15) is 5.26 Å². The molecule has 2 aromatic rings. The van der Waals surface area contributed by atoms with E-state index in [1.807, 2.05) is 62.5 Å². The van der Waals surface area contributed by atoms with Gasteiger partial charge in [-0.15, -0.1) is 0 Å². The first-order chi connectivity index (χ1) is 14.8. The second-order valence-electron chi connectivity index (χ2n) is 8.42. The minimum atomic E-state index is -0.874. The predicted molar refractivity (Wildman–Crippen MR) is 122 cm³/mol. The Morgan fingerprint density at radius 1 is 1.32 bits per heavy atom. The van der Waals surface area contributed by atoms with Crippen molar-refractivity contribution in [1.82, 2.24) is 9.88 Å². The number of rotatable bonds is 6. The highest BCUT2D eigenvalue weighted by molar-refractivity contribution is 6.30. The Balaban J connectivity index is 2.03. The summed E-state index contributed by atoms with van der Waals surface area (Å²) in [5, 5.41) is 21.4. The number of halogens is 1. The summed E-state index contributed by atoms with van der Waals surface area (Å²) >= 11 is 6.08. The van der Waals surface area contributed by atoms with Crippen molar-refractivity contribution in [2.24, 2.45) is 4.99 Å². The quantitative estimate of drug-likeness (QED) is 0.407. The number of amides is 1. The summed E-state index contributed by atoms with van der Waals surface area (Å²) < 4.78 is 1.80. The Kier molecular flexibility index (Phi) is 6.66. The summed E-state index contributed by atoms with van der Waals surface area (Å²) in [5.74, 6) is 0.275. The van der Waals surface area contributed by atoms with E-state index in [0.29, 0.717) is 22.9 Å². The summed E-state index contributed by atoms with van der Waals surface area (Å²) in [4.78, 5) is 17.4. The van der Waals surface area contributed by atoms with E-state index in [-0.39, 0.29) is 12.3 Å². The number of carbonyl (C=O) groups excluding carboxylic acids is 1. The summed E-state index contributed by atoms with van der Waals surface area (Å²) in [6.45, 7) is 3.98. The first kappa shape index (κ1) is 22.8. The minimum Gasteiger partial charge on any atom is -0.354 e. The molecule has 7 heteroatoms. The van der Waals surface area contributed by atoms with Crippen LogP contribution < -0.4 is 10.8 Å². The zero-order chi connectivity index (χ0) is 22.6. The fourth-order valence-electron chi connectivity index (χ4n) is 4.16. The fraction of sp³-hybridized carbons (Fsp3) is 0.417. The van der Waals surface area contributed by atoms with Crippen molar-refractivity contribution >= 4 is 23.3 Å². The van der Waals surface area contributed by atoms with E-state index >= 15 is 0 Å². The van der Waals surface area contributed by atoms with Crippen LogP contribution in [0.15, 0.2) is 47.6 Å². The van der Waals surface area contributed by atoms with Crippen molar-refractivity contribution < 1.29 is 4.79 Å². The molecule has 31 heavy (non-hydrogen) atoms. The van der Waals surface area contributed by atoms with Crippen molar-refractivity contribution in [2.75, 3.05) is 13.6 Å². The van der Waals surface area contributed by atoms with Gasteiger partial charge in [0.1, 0.15) is 11.3 Å². The number of nitrogens with zero attached hydrogens (tertiary/aromatic N) is 3. The Bertz CT molecular complexity index is 1090. The molecule has 0 atom stereocenters. The van der Waals surface area contributed by atoms with Gasteiger partial charge in [-0.3, -0.25) is 19.8 Å². The molecular formula is C24H28ClN5O. The Hall–Kier alpha value is -2.91. The van der Waals surface area contributed by atoms with Crippen LogP contribution in [0.4, 0.5) is 0 Å². The summed E-state index contributed by atoms with van der Waals surface area (Å²) in [6, 6.07) is 13.5. The molecule has 1 aromatic carbocycles. The van der Waals surface area contributed by atoms with Gasteiger partial charge in [0, 0.05) is 30.4 Å². The van der Waals surface area contributed by atoms with Crippen LogP contribution in [-0.4, -0.2) is 29.9 Å². The number of hydrogen-bond donors (Lipinski definition) is 2. The molecule has 2 N–H and O–H groups in total. The Morgan fingerprint density at radius 3 is 2.55 bits per heavy atom. The van der Waals surface area contributed by atoms with Crippen LogP contribution in [-0.2, 0) is 15.6 Å². The van der Waals surface area contributed by atoms with Gasteiger partial charge in [0.15, 0.2) is 0 Å². The van der Waals surface area contributed by atoms with Crippen molar-refractivity contribution in [2.45, 2.75) is 50.4 Å². The van der Waals surface area contributed by atoms with Crippen molar-refractivity contribution in [3.05, 3.63) is 64.2 Å². The smallest absolute Gasteiger partial charge is 0.230 e. The highest BCUT2D eigenvalue weighted by Gasteiger charge is 2.44. The van der Waals surface area contributed by atoms with E-state index in [1.165, 1.54) is 0 Å². The van der Waals surface area contributed by atoms with Gasteiger partial charge in [-0.05, 0) is 50.5 Å². The lowest BCUT2D eigenvalue weighted by Gasteiger charge is -2.43. The van der Waals surface area contributed by atoms with Gasteiger partial charge in [-0.1, -0.05) is 36.2 Å². The van der Waals surface area contributed by atoms with Gasteiger partial charge >= 0.3 is 0 Å². The molecule has 0 aliphatic heterocycles. The third-order valence-corrected chi connectivity index (χ3v) is 6.49. The number of benzene rings is 1. The molecule has 0 spiro atoms. The molecule has 1 aliphatic carbocycles. The first-order valence-corrected chi connectivity index (χ1v) is 10.8. The molecule has 6 nitrogen and oxygen atoms in total. The Morgan fingerprint density at radius 2 is 2.00 bits per heavy atom. The van der Waals surface area contributed by atoms with E-state index in [9.17, 15) is 4.79 Å². The van der Waals surface area contributed by atoms with Crippen molar-refractivity contribution in [3.63, 3.8) is 0 Å². The van der Waals surface area contributed by atoms with Crippen LogP contribution in [0, 0.1) is 16.7 Å². The van der Waals surface area contributed by atoms with E-state index in [2.05, 4.69) is 10.3 Å². The van der Waals surface area contributed by atoms with Gasteiger partial charge in [-0.25, -0.2) is 0 Å². The molecule has 1 aromatic heterocycles. The van der Waals surface area contributed by atoms with E-state index in [4.69, 9.17) is 22.3 Å². The summed E-state index contributed by atoms with van der Waals surface area (Å²) in [5.41, 5.74) is 1.13. The van der Waals surface area contributed by atoms with Gasteiger partial charge in [0.2, 0.25) is 5.91 Å². The van der Waals surface area contributed by atoms with Crippen LogP contribution in [0.3, 0.4) is 0 Å². The molecule has 1 saturated carbocycles. The maximum absolute atomic E-state index is 12.9. The number of aromatic nitrogens is 1. The lowest BCUT2D eigenvalue weighted by Crippen LogP contribution is -2.51. The molecule has 0 radical (unpaired) electrons.